The Bertz CT molecular complexity index is 298. The van der Waals surface area contributed by atoms with Crippen molar-refractivity contribution in [3.05, 3.63) is 19.8 Å². The van der Waals surface area contributed by atoms with Gasteiger partial charge < -0.3 is 4.74 Å². The number of halogens is 2. The van der Waals surface area contributed by atoms with Gasteiger partial charge in [-0.15, -0.1) is 11.3 Å². The monoisotopic (exact) mass is 268 g/mol. The Hall–Kier alpha value is -0.0600. The largest absolute Gasteiger partial charge is 0.462 e. The summed E-state index contributed by atoms with van der Waals surface area (Å²) in [6.45, 7) is 2.14. The molecule has 0 atom stereocenters. The fraction of sp³-hybridized carbons (Fsp3) is 0.286. The van der Waals surface area contributed by atoms with E-state index in [2.05, 4.69) is 15.9 Å². The predicted octanol–water partition coefficient (Wildman–Crippen LogP) is 3.34. The molecular formula is C7H6BrClO2S. The molecule has 0 amide bonds. The molecule has 0 unspecified atom stereocenters. The highest BCUT2D eigenvalue weighted by Gasteiger charge is 2.15. The average Bonchev–Trinajstić information content (AvgIpc) is 2.34. The first-order chi connectivity index (χ1) is 5.66. The number of hydrogen-bond acceptors (Lipinski definition) is 3. The van der Waals surface area contributed by atoms with Gasteiger partial charge in [-0.3, -0.25) is 0 Å². The van der Waals surface area contributed by atoms with E-state index in [0.29, 0.717) is 21.0 Å². The van der Waals surface area contributed by atoms with Crippen LogP contribution in [-0.4, -0.2) is 12.6 Å². The first kappa shape index (κ1) is 10.0. The molecule has 0 spiro atoms. The summed E-state index contributed by atoms with van der Waals surface area (Å²) in [6.07, 6.45) is 0. The Kier molecular flexibility index (Phi) is 3.55. The van der Waals surface area contributed by atoms with Crippen LogP contribution in [-0.2, 0) is 4.74 Å². The molecule has 0 aliphatic carbocycles. The standard InChI is InChI=1S/C7H6BrClO2S/c1-2-11-7(10)4-3-12-6(9)5(4)8/h3H,2H2,1H3. The van der Waals surface area contributed by atoms with Crippen LogP contribution in [0.3, 0.4) is 0 Å². The third-order valence-electron chi connectivity index (χ3n) is 1.18. The summed E-state index contributed by atoms with van der Waals surface area (Å²) in [4.78, 5) is 11.2. The van der Waals surface area contributed by atoms with Gasteiger partial charge in [-0.2, -0.15) is 0 Å². The van der Waals surface area contributed by atoms with Gasteiger partial charge in [0.05, 0.1) is 16.6 Å². The molecule has 0 saturated heterocycles. The van der Waals surface area contributed by atoms with E-state index in [1.807, 2.05) is 0 Å². The van der Waals surface area contributed by atoms with Gasteiger partial charge in [0, 0.05) is 5.38 Å². The highest BCUT2D eigenvalue weighted by molar-refractivity contribution is 9.10. The fourth-order valence-electron chi connectivity index (χ4n) is 0.667. The first-order valence-electron chi connectivity index (χ1n) is 3.26. The van der Waals surface area contributed by atoms with Gasteiger partial charge in [0.25, 0.3) is 0 Å². The fourth-order valence-corrected chi connectivity index (χ4v) is 2.26. The molecule has 0 bridgehead atoms. The lowest BCUT2D eigenvalue weighted by Gasteiger charge is -1.98. The number of thiophene rings is 1. The van der Waals surface area contributed by atoms with Crippen molar-refractivity contribution >= 4 is 44.8 Å². The number of carbonyl (C=O) groups is 1. The Morgan fingerprint density at radius 1 is 1.83 bits per heavy atom. The minimum absolute atomic E-state index is 0.340. The molecule has 66 valence electrons. The molecule has 0 aromatic carbocycles. The summed E-state index contributed by atoms with van der Waals surface area (Å²) in [7, 11) is 0. The summed E-state index contributed by atoms with van der Waals surface area (Å²) >= 11 is 10.2. The van der Waals surface area contributed by atoms with Crippen LogP contribution in [0, 0.1) is 0 Å². The van der Waals surface area contributed by atoms with E-state index in [1.54, 1.807) is 12.3 Å². The van der Waals surface area contributed by atoms with Crippen molar-refractivity contribution in [3.8, 4) is 0 Å². The molecule has 0 saturated carbocycles. The normalized spacial score (nSPS) is 9.92. The lowest BCUT2D eigenvalue weighted by molar-refractivity contribution is 0.0526. The minimum atomic E-state index is -0.340. The molecule has 12 heavy (non-hydrogen) atoms. The number of esters is 1. The Balaban J connectivity index is 2.88. The average molecular weight is 270 g/mol. The Labute approximate surface area is 87.6 Å². The molecular weight excluding hydrogens is 263 g/mol. The van der Waals surface area contributed by atoms with Crippen LogP contribution >= 0.6 is 38.9 Å². The first-order valence-corrected chi connectivity index (χ1v) is 5.31. The molecule has 1 aromatic heterocycles. The summed E-state index contributed by atoms with van der Waals surface area (Å²) < 4.78 is 5.99. The smallest absolute Gasteiger partial charge is 0.340 e. The van der Waals surface area contributed by atoms with Crippen molar-refractivity contribution in [3.63, 3.8) is 0 Å². The molecule has 2 nitrogen and oxygen atoms in total. The Morgan fingerprint density at radius 2 is 2.50 bits per heavy atom. The topological polar surface area (TPSA) is 26.3 Å². The third kappa shape index (κ3) is 2.00. The van der Waals surface area contributed by atoms with Crippen LogP contribution < -0.4 is 0 Å². The molecule has 0 aliphatic heterocycles. The van der Waals surface area contributed by atoms with Crippen LogP contribution in [0.5, 0.6) is 0 Å². The van der Waals surface area contributed by atoms with E-state index in [-0.39, 0.29) is 5.97 Å². The van der Waals surface area contributed by atoms with Crippen molar-refractivity contribution in [2.24, 2.45) is 0 Å². The van der Waals surface area contributed by atoms with E-state index in [1.165, 1.54) is 11.3 Å². The summed E-state index contributed by atoms with van der Waals surface area (Å²) in [6, 6.07) is 0. The van der Waals surface area contributed by atoms with Crippen LogP contribution in [0.15, 0.2) is 9.85 Å². The number of ether oxygens (including phenoxy) is 1. The molecule has 1 aromatic rings. The van der Waals surface area contributed by atoms with Crippen molar-refractivity contribution < 1.29 is 9.53 Å². The zero-order valence-corrected chi connectivity index (χ0v) is 9.42. The third-order valence-corrected chi connectivity index (χ3v) is 3.72. The van der Waals surface area contributed by atoms with Crippen LogP contribution in [0.25, 0.3) is 0 Å². The highest BCUT2D eigenvalue weighted by Crippen LogP contribution is 2.32. The Morgan fingerprint density at radius 3 is 2.92 bits per heavy atom. The van der Waals surface area contributed by atoms with Gasteiger partial charge >= 0.3 is 5.97 Å². The quantitative estimate of drug-likeness (QED) is 0.770. The van der Waals surface area contributed by atoms with Gasteiger partial charge in [-0.25, -0.2) is 4.79 Å². The van der Waals surface area contributed by atoms with Crippen molar-refractivity contribution in [1.29, 1.82) is 0 Å². The SMILES string of the molecule is CCOC(=O)c1csc(Cl)c1Br. The second kappa shape index (κ2) is 4.25. The van der Waals surface area contributed by atoms with Gasteiger partial charge in [-0.05, 0) is 22.9 Å². The minimum Gasteiger partial charge on any atom is -0.462 e. The van der Waals surface area contributed by atoms with Crippen LogP contribution in [0.4, 0.5) is 0 Å². The number of hydrogen-bond donors (Lipinski definition) is 0. The lowest BCUT2D eigenvalue weighted by atomic mass is 10.3. The van der Waals surface area contributed by atoms with Crippen molar-refractivity contribution in [2.45, 2.75) is 6.92 Å². The summed E-state index contributed by atoms with van der Waals surface area (Å²) in [5, 5.41) is 1.67. The summed E-state index contributed by atoms with van der Waals surface area (Å²) in [5.41, 5.74) is 0.492. The molecule has 0 fully saturated rings. The van der Waals surface area contributed by atoms with E-state index in [9.17, 15) is 4.79 Å². The molecule has 0 N–H and O–H groups in total. The molecule has 1 heterocycles. The van der Waals surface area contributed by atoms with Gasteiger partial charge in [0.15, 0.2) is 0 Å². The van der Waals surface area contributed by atoms with E-state index < -0.39 is 0 Å². The van der Waals surface area contributed by atoms with Crippen LogP contribution in [0.1, 0.15) is 17.3 Å². The highest BCUT2D eigenvalue weighted by atomic mass is 79.9. The molecule has 0 radical (unpaired) electrons. The molecule has 5 heteroatoms. The predicted molar refractivity (Wildman–Crippen MR) is 53.0 cm³/mol. The zero-order valence-electron chi connectivity index (χ0n) is 6.27. The maximum atomic E-state index is 11.2. The molecule has 1 rings (SSSR count). The van der Waals surface area contributed by atoms with Gasteiger partial charge in [0.2, 0.25) is 0 Å². The van der Waals surface area contributed by atoms with Gasteiger partial charge in [0.1, 0.15) is 4.34 Å². The molecule has 0 aliphatic rings. The van der Waals surface area contributed by atoms with E-state index in [4.69, 9.17) is 16.3 Å². The van der Waals surface area contributed by atoms with E-state index >= 15 is 0 Å². The van der Waals surface area contributed by atoms with Crippen LogP contribution in [0.2, 0.25) is 4.34 Å². The van der Waals surface area contributed by atoms with E-state index in [0.717, 1.165) is 0 Å². The summed E-state index contributed by atoms with van der Waals surface area (Å²) in [5.74, 6) is -0.340. The lowest BCUT2D eigenvalue weighted by Crippen LogP contribution is -2.03. The second-order valence-corrected chi connectivity index (χ2v) is 4.23. The zero-order chi connectivity index (χ0) is 9.14. The maximum Gasteiger partial charge on any atom is 0.340 e. The van der Waals surface area contributed by atoms with Crippen molar-refractivity contribution in [1.82, 2.24) is 0 Å². The second-order valence-electron chi connectivity index (χ2n) is 1.96. The van der Waals surface area contributed by atoms with Crippen molar-refractivity contribution in [2.75, 3.05) is 6.61 Å². The van der Waals surface area contributed by atoms with Gasteiger partial charge in [-0.1, -0.05) is 11.6 Å². The number of carbonyl (C=O) groups excluding carboxylic acids is 1. The number of rotatable bonds is 2. The maximum absolute atomic E-state index is 11.2.